The molecule has 1 aliphatic rings. The van der Waals surface area contributed by atoms with Gasteiger partial charge < -0.3 is 21.3 Å². The number of hydrogen-bond acceptors (Lipinski definition) is 4. The highest BCUT2D eigenvalue weighted by molar-refractivity contribution is 14.0. The van der Waals surface area contributed by atoms with Crippen LogP contribution in [0.4, 0.5) is 5.82 Å². The number of carbonyl (C=O) groups is 2. The van der Waals surface area contributed by atoms with Crippen molar-refractivity contribution in [3.8, 4) is 0 Å². The number of primary amides is 1. The van der Waals surface area contributed by atoms with Crippen LogP contribution in [0.2, 0.25) is 0 Å². The Hall–Kier alpha value is -1.91. The summed E-state index contributed by atoms with van der Waals surface area (Å²) in [4.78, 5) is 33.7. The summed E-state index contributed by atoms with van der Waals surface area (Å²) >= 11 is 0. The van der Waals surface area contributed by atoms with Crippen LogP contribution in [-0.4, -0.2) is 54.3 Å². The number of aliphatic imine (C=N–C) groups is 1. The van der Waals surface area contributed by atoms with Gasteiger partial charge in [0.05, 0.1) is 0 Å². The third-order valence-electron chi connectivity index (χ3n) is 4.33. The fourth-order valence-corrected chi connectivity index (χ4v) is 3.08. The molecule has 0 spiro atoms. The van der Waals surface area contributed by atoms with E-state index >= 15 is 0 Å². The Morgan fingerprint density at radius 3 is 2.81 bits per heavy atom. The van der Waals surface area contributed by atoms with Gasteiger partial charge in [0.15, 0.2) is 5.96 Å². The molecule has 0 saturated carbocycles. The van der Waals surface area contributed by atoms with E-state index in [0.29, 0.717) is 25.2 Å². The predicted octanol–water partition coefficient (Wildman–Crippen LogP) is 1.50. The molecule has 2 rings (SSSR count). The highest BCUT2D eigenvalue weighted by Crippen LogP contribution is 2.19. The van der Waals surface area contributed by atoms with Gasteiger partial charge in [-0.05, 0) is 37.3 Å². The Labute approximate surface area is 177 Å². The summed E-state index contributed by atoms with van der Waals surface area (Å²) in [6.07, 6.45) is 4.43. The molecule has 1 atom stereocenters. The summed E-state index contributed by atoms with van der Waals surface area (Å²) in [6.45, 7) is 4.06. The van der Waals surface area contributed by atoms with E-state index in [1.165, 1.54) is 0 Å². The number of halogens is 1. The second kappa shape index (κ2) is 11.7. The SMILES string of the molecule is CN=C(NCCC(=O)Nc1ccc(C)cn1)N1CCCC(CC(N)=O)C1.I. The van der Waals surface area contributed by atoms with E-state index in [2.05, 4.69) is 25.5 Å². The Morgan fingerprint density at radius 2 is 2.19 bits per heavy atom. The number of aromatic nitrogens is 1. The van der Waals surface area contributed by atoms with Crippen molar-refractivity contribution in [3.05, 3.63) is 23.9 Å². The molecule has 0 aliphatic carbocycles. The third kappa shape index (κ3) is 8.10. The zero-order valence-electron chi connectivity index (χ0n) is 15.9. The van der Waals surface area contributed by atoms with Crippen molar-refractivity contribution in [2.75, 3.05) is 32.0 Å². The zero-order valence-corrected chi connectivity index (χ0v) is 18.2. The average molecular weight is 488 g/mol. The second-order valence-corrected chi connectivity index (χ2v) is 6.62. The summed E-state index contributed by atoms with van der Waals surface area (Å²) in [5.74, 6) is 1.20. The highest BCUT2D eigenvalue weighted by atomic mass is 127. The van der Waals surface area contributed by atoms with Gasteiger partial charge in [-0.2, -0.15) is 0 Å². The van der Waals surface area contributed by atoms with E-state index in [1.54, 1.807) is 19.3 Å². The van der Waals surface area contributed by atoms with Crippen molar-refractivity contribution in [3.63, 3.8) is 0 Å². The lowest BCUT2D eigenvalue weighted by atomic mass is 9.95. The minimum Gasteiger partial charge on any atom is -0.370 e. The summed E-state index contributed by atoms with van der Waals surface area (Å²) in [6, 6.07) is 3.69. The largest absolute Gasteiger partial charge is 0.370 e. The Kier molecular flexibility index (Phi) is 10.0. The van der Waals surface area contributed by atoms with Crippen LogP contribution in [0.15, 0.2) is 23.3 Å². The molecule has 2 heterocycles. The maximum atomic E-state index is 12.0. The fraction of sp³-hybridized carbons (Fsp3) is 0.556. The minimum absolute atomic E-state index is 0. The number of carbonyl (C=O) groups excluding carboxylic acids is 2. The van der Waals surface area contributed by atoms with Crippen molar-refractivity contribution < 1.29 is 9.59 Å². The number of rotatable bonds is 6. The smallest absolute Gasteiger partial charge is 0.227 e. The first-order valence-corrected chi connectivity index (χ1v) is 8.94. The normalized spacial score (nSPS) is 17.0. The molecule has 1 saturated heterocycles. The first-order chi connectivity index (χ1) is 12.5. The minimum atomic E-state index is -0.263. The van der Waals surface area contributed by atoms with Crippen LogP contribution in [0.3, 0.4) is 0 Å². The second-order valence-electron chi connectivity index (χ2n) is 6.62. The fourth-order valence-electron chi connectivity index (χ4n) is 3.08. The third-order valence-corrected chi connectivity index (χ3v) is 4.33. The van der Waals surface area contributed by atoms with Crippen molar-refractivity contribution in [1.82, 2.24) is 15.2 Å². The van der Waals surface area contributed by atoms with Gasteiger partial charge >= 0.3 is 0 Å². The first-order valence-electron chi connectivity index (χ1n) is 8.94. The van der Waals surface area contributed by atoms with Gasteiger partial charge in [-0.15, -0.1) is 24.0 Å². The summed E-state index contributed by atoms with van der Waals surface area (Å²) in [5, 5.41) is 5.99. The van der Waals surface area contributed by atoms with Crippen LogP contribution in [0.5, 0.6) is 0 Å². The van der Waals surface area contributed by atoms with Crippen molar-refractivity contribution in [1.29, 1.82) is 0 Å². The molecule has 1 fully saturated rings. The molecule has 27 heavy (non-hydrogen) atoms. The molecular weight excluding hydrogens is 459 g/mol. The lowest BCUT2D eigenvalue weighted by Gasteiger charge is -2.34. The molecule has 9 heteroatoms. The first kappa shape index (κ1) is 23.1. The Balaban J connectivity index is 0.00000364. The number of amides is 2. The lowest BCUT2D eigenvalue weighted by molar-refractivity contribution is -0.119. The van der Waals surface area contributed by atoms with Crippen LogP contribution in [0, 0.1) is 12.8 Å². The molecule has 8 nitrogen and oxygen atoms in total. The number of nitrogens with one attached hydrogen (secondary N) is 2. The van der Waals surface area contributed by atoms with E-state index in [4.69, 9.17) is 5.73 Å². The molecule has 2 amide bonds. The molecule has 0 aromatic carbocycles. The maximum Gasteiger partial charge on any atom is 0.227 e. The van der Waals surface area contributed by atoms with Gasteiger partial charge in [0.25, 0.3) is 0 Å². The van der Waals surface area contributed by atoms with Crippen LogP contribution >= 0.6 is 24.0 Å². The van der Waals surface area contributed by atoms with Crippen LogP contribution < -0.4 is 16.4 Å². The van der Waals surface area contributed by atoms with Gasteiger partial charge in [-0.25, -0.2) is 4.98 Å². The van der Waals surface area contributed by atoms with Crippen molar-refractivity contribution >= 4 is 47.6 Å². The van der Waals surface area contributed by atoms with Crippen LogP contribution in [0.1, 0.15) is 31.2 Å². The van der Waals surface area contributed by atoms with E-state index in [0.717, 1.165) is 37.5 Å². The predicted molar refractivity (Wildman–Crippen MR) is 117 cm³/mol. The molecule has 150 valence electrons. The van der Waals surface area contributed by atoms with Gasteiger partial charge in [0.1, 0.15) is 5.82 Å². The zero-order chi connectivity index (χ0) is 18.9. The van der Waals surface area contributed by atoms with Gasteiger partial charge in [-0.1, -0.05) is 6.07 Å². The van der Waals surface area contributed by atoms with Crippen molar-refractivity contribution in [2.24, 2.45) is 16.6 Å². The quantitative estimate of drug-likeness (QED) is 0.319. The summed E-state index contributed by atoms with van der Waals surface area (Å²) in [5.41, 5.74) is 6.36. The maximum absolute atomic E-state index is 12.0. The molecule has 1 aliphatic heterocycles. The molecule has 1 aromatic heterocycles. The van der Waals surface area contributed by atoms with Crippen LogP contribution in [0.25, 0.3) is 0 Å². The van der Waals surface area contributed by atoms with E-state index in [9.17, 15) is 9.59 Å². The van der Waals surface area contributed by atoms with Crippen molar-refractivity contribution in [2.45, 2.75) is 32.6 Å². The number of nitrogens with zero attached hydrogens (tertiary/aromatic N) is 3. The molecule has 0 bridgehead atoms. The number of nitrogens with two attached hydrogens (primary N) is 1. The molecular formula is C18H29IN6O2. The number of aryl methyl sites for hydroxylation is 1. The number of hydrogen-bond donors (Lipinski definition) is 3. The average Bonchev–Trinajstić information content (AvgIpc) is 2.60. The Bertz CT molecular complexity index is 650. The number of anilines is 1. The van der Waals surface area contributed by atoms with Gasteiger partial charge in [-0.3, -0.25) is 14.6 Å². The van der Waals surface area contributed by atoms with Crippen LogP contribution in [-0.2, 0) is 9.59 Å². The monoisotopic (exact) mass is 488 g/mol. The number of guanidine groups is 1. The van der Waals surface area contributed by atoms with Gasteiger partial charge in [0.2, 0.25) is 11.8 Å². The Morgan fingerprint density at radius 1 is 1.41 bits per heavy atom. The lowest BCUT2D eigenvalue weighted by Crippen LogP contribution is -2.47. The molecule has 1 unspecified atom stereocenters. The summed E-state index contributed by atoms with van der Waals surface area (Å²) in [7, 11) is 1.72. The number of likely N-dealkylation sites (tertiary alicyclic amines) is 1. The van der Waals surface area contributed by atoms with Gasteiger partial charge in [0, 0.05) is 45.7 Å². The highest BCUT2D eigenvalue weighted by Gasteiger charge is 2.23. The molecule has 1 aromatic rings. The number of piperidine rings is 1. The van der Waals surface area contributed by atoms with E-state index < -0.39 is 0 Å². The standard InChI is InChI=1S/C18H28N6O2.HI/c1-13-5-6-16(22-11-13)23-17(26)7-8-21-18(20-2)24-9-3-4-14(12-24)10-15(19)25;/h5-6,11,14H,3-4,7-10,12H2,1-2H3,(H2,19,25)(H,20,21)(H,22,23,26);1H. The van der Waals surface area contributed by atoms with E-state index in [-0.39, 0.29) is 41.7 Å². The van der Waals surface area contributed by atoms with E-state index in [1.807, 2.05) is 13.0 Å². The summed E-state index contributed by atoms with van der Waals surface area (Å²) < 4.78 is 0. The number of pyridine rings is 1. The molecule has 0 radical (unpaired) electrons. The topological polar surface area (TPSA) is 113 Å². The molecule has 4 N–H and O–H groups in total.